The van der Waals surface area contributed by atoms with Gasteiger partial charge in [0.15, 0.2) is 0 Å². The molecule has 11 nitrogen and oxygen atoms in total. The van der Waals surface area contributed by atoms with Gasteiger partial charge in [-0.05, 0) is 12.1 Å². The molecule has 1 saturated heterocycles. The minimum absolute atomic E-state index is 0.101. The van der Waals surface area contributed by atoms with Crippen LogP contribution in [0.25, 0.3) is 0 Å². The highest BCUT2D eigenvalue weighted by atomic mass is 16.5. The van der Waals surface area contributed by atoms with Crippen LogP contribution in [0.15, 0.2) is 18.2 Å². The van der Waals surface area contributed by atoms with Crippen LogP contribution in [-0.2, 0) is 19.1 Å². The van der Waals surface area contributed by atoms with E-state index in [9.17, 15) is 4.79 Å². The van der Waals surface area contributed by atoms with Gasteiger partial charge in [-0.25, -0.2) is 9.59 Å². The number of carbonyl (C=O) groups excluding carboxylic acids is 1. The Morgan fingerprint density at radius 3 is 2.31 bits per heavy atom. The summed E-state index contributed by atoms with van der Waals surface area (Å²) in [5.41, 5.74) is 0.633. The van der Waals surface area contributed by atoms with Gasteiger partial charge >= 0.3 is 11.9 Å². The number of morpholine rings is 1. The third-order valence-corrected chi connectivity index (χ3v) is 3.86. The maximum Gasteiger partial charge on any atom is 0.414 e. The summed E-state index contributed by atoms with van der Waals surface area (Å²) >= 11 is 0. The number of carboxylic acid groups (broad SMARTS) is 2. The predicted octanol–water partition coefficient (Wildman–Crippen LogP) is -0.280. The molecule has 0 saturated carbocycles. The quantitative estimate of drug-likeness (QED) is 0.331. The number of ether oxygens (including phenoxy) is 3. The average Bonchev–Trinajstić information content (AvgIpc) is 2.72. The van der Waals surface area contributed by atoms with E-state index in [0.29, 0.717) is 17.2 Å². The predicted molar refractivity (Wildman–Crippen MR) is 104 cm³/mol. The molecule has 0 atom stereocenters. The van der Waals surface area contributed by atoms with E-state index in [0.717, 1.165) is 39.4 Å². The van der Waals surface area contributed by atoms with E-state index in [1.54, 1.807) is 32.4 Å². The monoisotopic (exact) mass is 413 g/mol. The van der Waals surface area contributed by atoms with Crippen LogP contribution in [0.5, 0.6) is 11.5 Å². The molecule has 0 aliphatic carbocycles. The van der Waals surface area contributed by atoms with E-state index in [-0.39, 0.29) is 12.5 Å². The smallest absolute Gasteiger partial charge is 0.414 e. The number of amides is 1. The number of aliphatic carboxylic acids is 2. The van der Waals surface area contributed by atoms with Crippen LogP contribution in [0.4, 0.5) is 5.69 Å². The fourth-order valence-corrected chi connectivity index (χ4v) is 2.36. The summed E-state index contributed by atoms with van der Waals surface area (Å²) in [6.45, 7) is 5.44. The van der Waals surface area contributed by atoms with Crippen LogP contribution < -0.4 is 20.1 Å². The van der Waals surface area contributed by atoms with Gasteiger partial charge < -0.3 is 35.1 Å². The number of carboxylic acids is 2. The van der Waals surface area contributed by atoms with Crippen molar-refractivity contribution in [1.29, 1.82) is 0 Å². The van der Waals surface area contributed by atoms with Crippen LogP contribution >= 0.6 is 0 Å². The topological polar surface area (TPSA) is 147 Å². The van der Waals surface area contributed by atoms with Crippen LogP contribution in [0, 0.1) is 0 Å². The number of benzene rings is 1. The van der Waals surface area contributed by atoms with E-state index >= 15 is 0 Å². The maximum absolute atomic E-state index is 12.0. The van der Waals surface area contributed by atoms with Crippen LogP contribution in [-0.4, -0.2) is 93.1 Å². The Morgan fingerprint density at radius 1 is 1.10 bits per heavy atom. The fraction of sp³-hybridized carbons (Fsp3) is 0.500. The zero-order valence-corrected chi connectivity index (χ0v) is 16.5. The lowest BCUT2D eigenvalue weighted by molar-refractivity contribution is -0.159. The number of rotatable bonds is 8. The third kappa shape index (κ3) is 9.74. The Morgan fingerprint density at radius 2 is 1.76 bits per heavy atom. The van der Waals surface area contributed by atoms with Gasteiger partial charge in [-0.1, -0.05) is 0 Å². The number of hydrogen-bond acceptors (Lipinski definition) is 8. The van der Waals surface area contributed by atoms with Crippen LogP contribution in [0.2, 0.25) is 0 Å². The van der Waals surface area contributed by atoms with Crippen molar-refractivity contribution in [1.82, 2.24) is 10.2 Å². The molecule has 4 N–H and O–H groups in total. The fourth-order valence-electron chi connectivity index (χ4n) is 2.36. The molecule has 0 bridgehead atoms. The van der Waals surface area contributed by atoms with Gasteiger partial charge in [-0.3, -0.25) is 9.69 Å². The van der Waals surface area contributed by atoms with E-state index in [1.807, 2.05) is 0 Å². The van der Waals surface area contributed by atoms with Crippen molar-refractivity contribution >= 4 is 23.5 Å². The van der Waals surface area contributed by atoms with Gasteiger partial charge in [0.2, 0.25) is 5.91 Å². The summed E-state index contributed by atoms with van der Waals surface area (Å²) < 4.78 is 15.7. The number of methoxy groups -OCH3 is 2. The standard InChI is InChI=1S/C16H25N3O4.C2H2O4/c1-21-13-3-4-14(15(11-13)22-2)18-16(20)12-17-5-6-19-7-9-23-10-8-19;3-1(4)2(5)6/h3-4,11,17H,5-10,12H2,1-2H3,(H,18,20);(H,3,4)(H,5,6). The van der Waals surface area contributed by atoms with E-state index < -0.39 is 11.9 Å². The molecule has 2 rings (SSSR count). The lowest BCUT2D eigenvalue weighted by atomic mass is 10.2. The summed E-state index contributed by atoms with van der Waals surface area (Å²) in [4.78, 5) is 32.5. The molecule has 1 amide bonds. The first-order valence-corrected chi connectivity index (χ1v) is 8.86. The molecule has 1 aromatic rings. The first kappa shape index (κ1) is 24.1. The number of nitrogens with one attached hydrogen (secondary N) is 2. The van der Waals surface area contributed by atoms with E-state index in [2.05, 4.69) is 15.5 Å². The Bertz CT molecular complexity index is 665. The minimum atomic E-state index is -1.82. The summed E-state index contributed by atoms with van der Waals surface area (Å²) in [5.74, 6) is -2.49. The first-order valence-electron chi connectivity index (χ1n) is 8.86. The summed E-state index contributed by atoms with van der Waals surface area (Å²) in [6.07, 6.45) is 0. The lowest BCUT2D eigenvalue weighted by Gasteiger charge is -2.26. The highest BCUT2D eigenvalue weighted by Crippen LogP contribution is 2.28. The van der Waals surface area contributed by atoms with Gasteiger partial charge in [0.05, 0.1) is 39.7 Å². The van der Waals surface area contributed by atoms with Crippen LogP contribution in [0.1, 0.15) is 0 Å². The second-order valence-electron chi connectivity index (χ2n) is 5.86. The Kier molecular flexibility index (Phi) is 11.1. The molecule has 1 heterocycles. The molecule has 0 spiro atoms. The highest BCUT2D eigenvalue weighted by Gasteiger charge is 2.11. The van der Waals surface area contributed by atoms with Crippen molar-refractivity contribution in [3.63, 3.8) is 0 Å². The molecule has 29 heavy (non-hydrogen) atoms. The minimum Gasteiger partial charge on any atom is -0.497 e. The normalized spacial score (nSPS) is 13.6. The first-order chi connectivity index (χ1) is 13.9. The molecule has 11 heteroatoms. The SMILES string of the molecule is COc1ccc(NC(=O)CNCCN2CCOCC2)c(OC)c1.O=C(O)C(=O)O. The van der Waals surface area contributed by atoms with Gasteiger partial charge in [0.1, 0.15) is 11.5 Å². The molecule has 162 valence electrons. The van der Waals surface area contributed by atoms with Gasteiger partial charge in [-0.2, -0.15) is 0 Å². The molecule has 0 radical (unpaired) electrons. The molecule has 1 aromatic carbocycles. The zero-order valence-electron chi connectivity index (χ0n) is 16.5. The molecule has 0 unspecified atom stereocenters. The lowest BCUT2D eigenvalue weighted by Crippen LogP contribution is -2.41. The highest BCUT2D eigenvalue weighted by molar-refractivity contribution is 6.27. The van der Waals surface area contributed by atoms with Gasteiger partial charge in [-0.15, -0.1) is 0 Å². The van der Waals surface area contributed by atoms with Crippen molar-refractivity contribution in [3.05, 3.63) is 18.2 Å². The summed E-state index contributed by atoms with van der Waals surface area (Å²) in [6, 6.07) is 5.29. The number of anilines is 1. The molecule has 1 fully saturated rings. The molecule has 1 aliphatic heterocycles. The maximum atomic E-state index is 12.0. The third-order valence-electron chi connectivity index (χ3n) is 3.86. The second-order valence-corrected chi connectivity index (χ2v) is 5.86. The largest absolute Gasteiger partial charge is 0.497 e. The van der Waals surface area contributed by atoms with Crippen molar-refractivity contribution in [2.75, 3.05) is 65.5 Å². The number of hydrogen-bond donors (Lipinski definition) is 4. The zero-order chi connectivity index (χ0) is 21.6. The summed E-state index contributed by atoms with van der Waals surface area (Å²) in [5, 5.41) is 20.8. The molecular weight excluding hydrogens is 386 g/mol. The molecular formula is C18H27N3O8. The Hall–Kier alpha value is -2.89. The number of nitrogens with zero attached hydrogens (tertiary/aromatic N) is 1. The number of carbonyl (C=O) groups is 3. The van der Waals surface area contributed by atoms with E-state index in [1.165, 1.54) is 0 Å². The Balaban J connectivity index is 0.000000612. The van der Waals surface area contributed by atoms with Gasteiger partial charge in [0, 0.05) is 32.2 Å². The average molecular weight is 413 g/mol. The molecule has 0 aromatic heterocycles. The summed E-state index contributed by atoms with van der Waals surface area (Å²) in [7, 11) is 3.15. The van der Waals surface area contributed by atoms with Crippen molar-refractivity contribution < 1.29 is 38.8 Å². The van der Waals surface area contributed by atoms with Gasteiger partial charge in [0.25, 0.3) is 0 Å². The van der Waals surface area contributed by atoms with Crippen molar-refractivity contribution in [3.8, 4) is 11.5 Å². The van der Waals surface area contributed by atoms with Crippen molar-refractivity contribution in [2.24, 2.45) is 0 Å². The van der Waals surface area contributed by atoms with Crippen LogP contribution in [0.3, 0.4) is 0 Å². The molecule has 1 aliphatic rings. The van der Waals surface area contributed by atoms with Crippen molar-refractivity contribution in [2.45, 2.75) is 0 Å². The van der Waals surface area contributed by atoms with E-state index in [4.69, 9.17) is 34.0 Å². The second kappa shape index (κ2) is 13.3. The Labute approximate surface area is 168 Å².